The first-order chi connectivity index (χ1) is 8.09. The van der Waals surface area contributed by atoms with Crippen LogP contribution in [0.25, 0.3) is 0 Å². The lowest BCUT2D eigenvalue weighted by molar-refractivity contribution is -0.127. The van der Waals surface area contributed by atoms with E-state index in [2.05, 4.69) is 0 Å². The summed E-state index contributed by atoms with van der Waals surface area (Å²) in [6.45, 7) is 2.66. The van der Waals surface area contributed by atoms with Crippen molar-refractivity contribution >= 4 is 29.3 Å². The van der Waals surface area contributed by atoms with Crippen molar-refractivity contribution in [2.24, 2.45) is 0 Å². The van der Waals surface area contributed by atoms with Gasteiger partial charge in [-0.05, 0) is 25.5 Å². The van der Waals surface area contributed by atoms with E-state index >= 15 is 0 Å². The molecule has 0 aromatic heterocycles. The topological polar surface area (TPSA) is 20.3 Å². The van der Waals surface area contributed by atoms with E-state index in [1.165, 1.54) is 0 Å². The number of alkyl halides is 1. The first kappa shape index (κ1) is 14.4. The van der Waals surface area contributed by atoms with Gasteiger partial charge in [-0.25, -0.2) is 0 Å². The molecule has 0 radical (unpaired) electrons. The average molecular weight is 272 g/mol. The van der Waals surface area contributed by atoms with Crippen LogP contribution in [0.3, 0.4) is 0 Å². The predicted octanol–water partition coefficient (Wildman–Crippen LogP) is 3.25. The molecule has 0 saturated carbocycles. The molecule has 0 aliphatic heterocycles. The quantitative estimate of drug-likeness (QED) is 0.585. The summed E-state index contributed by atoms with van der Waals surface area (Å²) in [5.41, 5.74) is 0. The molecule has 17 heavy (non-hydrogen) atoms. The Morgan fingerprint density at radius 2 is 2.06 bits per heavy atom. The van der Waals surface area contributed by atoms with Crippen LogP contribution >= 0.6 is 23.4 Å². The van der Waals surface area contributed by atoms with Crippen molar-refractivity contribution in [1.82, 2.24) is 4.90 Å². The molecule has 1 amide bonds. The number of thioether (sulfide) groups is 1. The van der Waals surface area contributed by atoms with E-state index in [9.17, 15) is 4.79 Å². The summed E-state index contributed by atoms with van der Waals surface area (Å²) in [6, 6.07) is 9.95. The molecular weight excluding hydrogens is 254 g/mol. The maximum atomic E-state index is 11.8. The van der Waals surface area contributed by atoms with E-state index in [0.717, 1.165) is 17.9 Å². The van der Waals surface area contributed by atoms with Gasteiger partial charge in [0.2, 0.25) is 5.91 Å². The fourth-order valence-electron chi connectivity index (χ4n) is 1.27. The number of nitrogens with zero attached hydrogens (tertiary/aromatic N) is 1. The average Bonchev–Trinajstić information content (AvgIpc) is 2.34. The standard InChI is InChI=1S/C13H18ClNOS/c1-11(14)8-9-15(2)13(16)10-17-12-6-4-3-5-7-12/h3-7,11H,8-10H2,1-2H3. The van der Waals surface area contributed by atoms with Crippen molar-refractivity contribution in [3.8, 4) is 0 Å². The highest BCUT2D eigenvalue weighted by atomic mass is 35.5. The van der Waals surface area contributed by atoms with Gasteiger partial charge >= 0.3 is 0 Å². The molecule has 1 aromatic carbocycles. The number of hydrogen-bond acceptors (Lipinski definition) is 2. The number of hydrogen-bond donors (Lipinski definition) is 0. The highest BCUT2D eigenvalue weighted by Crippen LogP contribution is 2.17. The van der Waals surface area contributed by atoms with Gasteiger partial charge in [-0.15, -0.1) is 23.4 Å². The van der Waals surface area contributed by atoms with Gasteiger partial charge in [0.1, 0.15) is 0 Å². The molecule has 0 spiro atoms. The zero-order valence-corrected chi connectivity index (χ0v) is 11.8. The van der Waals surface area contributed by atoms with Crippen LogP contribution in [0.2, 0.25) is 0 Å². The van der Waals surface area contributed by atoms with Gasteiger partial charge in [0.15, 0.2) is 0 Å². The Balaban J connectivity index is 2.29. The van der Waals surface area contributed by atoms with Crippen molar-refractivity contribution in [3.63, 3.8) is 0 Å². The summed E-state index contributed by atoms with van der Waals surface area (Å²) in [7, 11) is 1.83. The van der Waals surface area contributed by atoms with Crippen LogP contribution in [-0.2, 0) is 4.79 Å². The summed E-state index contributed by atoms with van der Waals surface area (Å²) in [6.07, 6.45) is 0.833. The largest absolute Gasteiger partial charge is 0.345 e. The molecule has 0 bridgehead atoms. The van der Waals surface area contributed by atoms with Crippen LogP contribution in [0.15, 0.2) is 35.2 Å². The molecular formula is C13H18ClNOS. The summed E-state index contributed by atoms with van der Waals surface area (Å²) in [5, 5.41) is 0.118. The molecule has 0 saturated heterocycles. The highest BCUT2D eigenvalue weighted by Gasteiger charge is 2.09. The lowest BCUT2D eigenvalue weighted by atomic mass is 10.3. The minimum Gasteiger partial charge on any atom is -0.345 e. The number of rotatable bonds is 6. The summed E-state index contributed by atoms with van der Waals surface area (Å²) in [5.74, 6) is 0.633. The first-order valence-corrected chi connectivity index (χ1v) is 7.07. The van der Waals surface area contributed by atoms with Gasteiger partial charge in [-0.1, -0.05) is 18.2 Å². The summed E-state index contributed by atoms with van der Waals surface area (Å²) < 4.78 is 0. The van der Waals surface area contributed by atoms with E-state index < -0.39 is 0 Å². The van der Waals surface area contributed by atoms with Crippen LogP contribution in [0.5, 0.6) is 0 Å². The van der Waals surface area contributed by atoms with E-state index in [1.807, 2.05) is 44.3 Å². The highest BCUT2D eigenvalue weighted by molar-refractivity contribution is 8.00. The second kappa shape index (κ2) is 7.62. The number of amides is 1. The number of carbonyl (C=O) groups is 1. The Labute approximate surface area is 112 Å². The number of benzene rings is 1. The molecule has 0 aliphatic carbocycles. The van der Waals surface area contributed by atoms with Gasteiger partial charge in [0, 0.05) is 23.9 Å². The molecule has 94 valence electrons. The SMILES string of the molecule is CC(Cl)CCN(C)C(=O)CSc1ccccc1. The Morgan fingerprint density at radius 3 is 2.65 bits per heavy atom. The van der Waals surface area contributed by atoms with Crippen LogP contribution in [0.4, 0.5) is 0 Å². The van der Waals surface area contributed by atoms with Crippen molar-refractivity contribution in [2.45, 2.75) is 23.6 Å². The third kappa shape index (κ3) is 5.99. The normalized spacial score (nSPS) is 12.2. The second-order valence-corrected chi connectivity index (χ2v) is 5.78. The molecule has 1 unspecified atom stereocenters. The molecule has 4 heteroatoms. The fourth-order valence-corrected chi connectivity index (χ4v) is 2.23. The third-order valence-corrected chi connectivity index (χ3v) is 3.61. The van der Waals surface area contributed by atoms with Crippen LogP contribution < -0.4 is 0 Å². The van der Waals surface area contributed by atoms with Crippen molar-refractivity contribution in [2.75, 3.05) is 19.3 Å². The maximum absolute atomic E-state index is 11.8. The van der Waals surface area contributed by atoms with Crippen molar-refractivity contribution in [3.05, 3.63) is 30.3 Å². The molecule has 2 nitrogen and oxygen atoms in total. The van der Waals surface area contributed by atoms with Gasteiger partial charge in [0.25, 0.3) is 0 Å². The maximum Gasteiger partial charge on any atom is 0.232 e. The molecule has 0 heterocycles. The van der Waals surface area contributed by atoms with E-state index in [1.54, 1.807) is 16.7 Å². The lowest BCUT2D eigenvalue weighted by Gasteiger charge is -2.17. The molecule has 1 aromatic rings. The lowest BCUT2D eigenvalue weighted by Crippen LogP contribution is -2.30. The Kier molecular flexibility index (Phi) is 6.45. The molecule has 0 N–H and O–H groups in total. The Morgan fingerprint density at radius 1 is 1.41 bits per heavy atom. The second-order valence-electron chi connectivity index (χ2n) is 3.99. The monoisotopic (exact) mass is 271 g/mol. The van der Waals surface area contributed by atoms with E-state index in [0.29, 0.717) is 5.75 Å². The van der Waals surface area contributed by atoms with Crippen LogP contribution in [0, 0.1) is 0 Å². The molecule has 1 rings (SSSR count). The summed E-state index contributed by atoms with van der Waals surface area (Å²) >= 11 is 7.42. The van der Waals surface area contributed by atoms with E-state index in [-0.39, 0.29) is 11.3 Å². The van der Waals surface area contributed by atoms with Gasteiger partial charge in [-0.3, -0.25) is 4.79 Å². The Bertz CT molecular complexity index is 343. The van der Waals surface area contributed by atoms with E-state index in [4.69, 9.17) is 11.6 Å². The van der Waals surface area contributed by atoms with Crippen LogP contribution in [0.1, 0.15) is 13.3 Å². The zero-order valence-electron chi connectivity index (χ0n) is 10.2. The zero-order chi connectivity index (χ0) is 12.7. The van der Waals surface area contributed by atoms with Crippen molar-refractivity contribution < 1.29 is 4.79 Å². The molecule has 0 fully saturated rings. The third-order valence-electron chi connectivity index (χ3n) is 2.39. The first-order valence-electron chi connectivity index (χ1n) is 5.65. The van der Waals surface area contributed by atoms with Crippen molar-refractivity contribution in [1.29, 1.82) is 0 Å². The molecule has 1 atom stereocenters. The fraction of sp³-hybridized carbons (Fsp3) is 0.462. The van der Waals surface area contributed by atoms with Crippen LogP contribution in [-0.4, -0.2) is 35.5 Å². The summed E-state index contributed by atoms with van der Waals surface area (Å²) in [4.78, 5) is 14.7. The predicted molar refractivity (Wildman–Crippen MR) is 74.7 cm³/mol. The smallest absolute Gasteiger partial charge is 0.232 e. The van der Waals surface area contributed by atoms with Gasteiger partial charge in [0.05, 0.1) is 5.75 Å². The minimum absolute atomic E-state index is 0.118. The Hall–Kier alpha value is -0.670. The number of halogens is 1. The number of carbonyl (C=O) groups excluding carboxylic acids is 1. The van der Waals surface area contributed by atoms with Gasteiger partial charge < -0.3 is 4.90 Å². The van der Waals surface area contributed by atoms with Gasteiger partial charge in [-0.2, -0.15) is 0 Å². The molecule has 0 aliphatic rings. The minimum atomic E-state index is 0.118.